The lowest BCUT2D eigenvalue weighted by atomic mass is 10.1. The highest BCUT2D eigenvalue weighted by Crippen LogP contribution is 2.19. The molecule has 0 saturated carbocycles. The maximum atomic E-state index is 13.1. The van der Waals surface area contributed by atoms with Crippen LogP contribution in [-0.4, -0.2) is 59.0 Å². The number of benzene rings is 2. The van der Waals surface area contributed by atoms with E-state index in [4.69, 9.17) is 10.5 Å². The van der Waals surface area contributed by atoms with Crippen LogP contribution in [0.15, 0.2) is 48.5 Å². The number of ether oxygens (including phenoxy) is 1. The molecular formula is C22H25N5O2. The standard InChI is InChI=1S/C22H25N5O2/c1-26(21(28)20-18-7-2-3-8-19(18)24-22(23)25-20)14-16-5-4-6-17(13-16)15-27-9-11-29-12-10-27/h2-8,13H,9-12,14-15H2,1H3,(H2,23,24,25). The van der Waals surface area contributed by atoms with Crippen LogP contribution in [0.5, 0.6) is 0 Å². The Morgan fingerprint density at radius 1 is 1.10 bits per heavy atom. The minimum atomic E-state index is -0.172. The Labute approximate surface area is 170 Å². The molecule has 0 aliphatic carbocycles. The molecule has 1 saturated heterocycles. The van der Waals surface area contributed by atoms with Crippen molar-refractivity contribution in [2.24, 2.45) is 0 Å². The number of morpholine rings is 1. The molecule has 1 aromatic heterocycles. The van der Waals surface area contributed by atoms with Crippen LogP contribution in [0.2, 0.25) is 0 Å². The fourth-order valence-corrected chi connectivity index (χ4v) is 3.63. The Hall–Kier alpha value is -3.03. The van der Waals surface area contributed by atoms with Crippen molar-refractivity contribution in [3.8, 4) is 0 Å². The monoisotopic (exact) mass is 391 g/mol. The lowest BCUT2D eigenvalue weighted by molar-refractivity contribution is 0.0342. The molecule has 0 atom stereocenters. The zero-order valence-electron chi connectivity index (χ0n) is 16.5. The minimum Gasteiger partial charge on any atom is -0.379 e. The Morgan fingerprint density at radius 2 is 1.86 bits per heavy atom. The molecular weight excluding hydrogens is 366 g/mol. The van der Waals surface area contributed by atoms with Gasteiger partial charge in [-0.3, -0.25) is 9.69 Å². The number of carbonyl (C=O) groups is 1. The van der Waals surface area contributed by atoms with Crippen molar-refractivity contribution in [2.75, 3.05) is 39.1 Å². The molecule has 2 N–H and O–H groups in total. The lowest BCUT2D eigenvalue weighted by Gasteiger charge is -2.26. The summed E-state index contributed by atoms with van der Waals surface area (Å²) in [5, 5.41) is 0.708. The van der Waals surface area contributed by atoms with Crippen LogP contribution in [-0.2, 0) is 17.8 Å². The highest BCUT2D eigenvalue weighted by Gasteiger charge is 2.18. The number of nitrogen functional groups attached to an aromatic ring is 1. The fraction of sp³-hybridized carbons (Fsp3) is 0.318. The van der Waals surface area contributed by atoms with Crippen molar-refractivity contribution in [1.29, 1.82) is 0 Å². The van der Waals surface area contributed by atoms with Gasteiger partial charge in [-0.1, -0.05) is 42.5 Å². The number of nitrogens with two attached hydrogens (primary N) is 1. The average molecular weight is 391 g/mol. The number of aromatic nitrogens is 2. The van der Waals surface area contributed by atoms with Crippen molar-refractivity contribution in [1.82, 2.24) is 19.8 Å². The van der Waals surface area contributed by atoms with Crippen LogP contribution in [0.25, 0.3) is 10.9 Å². The summed E-state index contributed by atoms with van der Waals surface area (Å²) < 4.78 is 5.42. The van der Waals surface area contributed by atoms with Crippen molar-refractivity contribution >= 4 is 22.8 Å². The van der Waals surface area contributed by atoms with E-state index < -0.39 is 0 Å². The normalized spacial score (nSPS) is 14.8. The van der Waals surface area contributed by atoms with Crippen molar-refractivity contribution in [2.45, 2.75) is 13.1 Å². The molecule has 2 aromatic carbocycles. The molecule has 2 heterocycles. The van der Waals surface area contributed by atoms with Gasteiger partial charge in [-0.25, -0.2) is 9.97 Å². The summed E-state index contributed by atoms with van der Waals surface area (Å²) in [6.07, 6.45) is 0. The van der Waals surface area contributed by atoms with Gasteiger partial charge in [0.2, 0.25) is 5.95 Å². The quantitative estimate of drug-likeness (QED) is 0.719. The first-order valence-electron chi connectivity index (χ1n) is 9.76. The molecule has 4 rings (SSSR count). The van der Waals surface area contributed by atoms with Gasteiger partial charge in [0, 0.05) is 38.6 Å². The van der Waals surface area contributed by atoms with E-state index in [1.807, 2.05) is 36.4 Å². The average Bonchev–Trinajstić information content (AvgIpc) is 2.73. The smallest absolute Gasteiger partial charge is 0.273 e. The Kier molecular flexibility index (Phi) is 5.69. The van der Waals surface area contributed by atoms with Gasteiger partial charge in [-0.2, -0.15) is 0 Å². The van der Waals surface area contributed by atoms with Gasteiger partial charge in [-0.15, -0.1) is 0 Å². The van der Waals surface area contributed by atoms with Gasteiger partial charge in [0.05, 0.1) is 18.7 Å². The Bertz CT molecular complexity index is 1020. The molecule has 0 radical (unpaired) electrons. The second-order valence-corrected chi connectivity index (χ2v) is 7.32. The summed E-state index contributed by atoms with van der Waals surface area (Å²) in [5.41, 5.74) is 9.14. The van der Waals surface area contributed by atoms with Gasteiger partial charge in [0.1, 0.15) is 5.69 Å². The Morgan fingerprint density at radius 3 is 2.69 bits per heavy atom. The zero-order valence-corrected chi connectivity index (χ0v) is 16.5. The maximum absolute atomic E-state index is 13.1. The number of nitrogens with zero attached hydrogens (tertiary/aromatic N) is 4. The number of hydrogen-bond acceptors (Lipinski definition) is 6. The van der Waals surface area contributed by atoms with Crippen LogP contribution in [0, 0.1) is 0 Å². The predicted octanol–water partition coefficient (Wildman–Crippen LogP) is 2.32. The van der Waals surface area contributed by atoms with Gasteiger partial charge in [0.25, 0.3) is 5.91 Å². The van der Waals surface area contributed by atoms with Crippen molar-refractivity contribution in [3.05, 3.63) is 65.4 Å². The molecule has 3 aromatic rings. The summed E-state index contributed by atoms with van der Waals surface area (Å²) in [7, 11) is 1.78. The largest absolute Gasteiger partial charge is 0.379 e. The number of carbonyl (C=O) groups excluding carboxylic acids is 1. The first-order valence-corrected chi connectivity index (χ1v) is 9.76. The van der Waals surface area contributed by atoms with E-state index in [2.05, 4.69) is 27.0 Å². The third kappa shape index (κ3) is 4.52. The molecule has 1 amide bonds. The lowest BCUT2D eigenvalue weighted by Crippen LogP contribution is -2.35. The summed E-state index contributed by atoms with van der Waals surface area (Å²) in [4.78, 5) is 25.6. The van der Waals surface area contributed by atoms with Gasteiger partial charge in [0.15, 0.2) is 0 Å². The molecule has 29 heavy (non-hydrogen) atoms. The molecule has 150 valence electrons. The van der Waals surface area contributed by atoms with Gasteiger partial charge < -0.3 is 15.4 Å². The van der Waals surface area contributed by atoms with E-state index in [1.54, 1.807) is 11.9 Å². The van der Waals surface area contributed by atoms with Crippen LogP contribution >= 0.6 is 0 Å². The minimum absolute atomic E-state index is 0.105. The molecule has 7 heteroatoms. The zero-order chi connectivity index (χ0) is 20.2. The number of amides is 1. The summed E-state index contributed by atoms with van der Waals surface area (Å²) in [6.45, 7) is 4.85. The van der Waals surface area contributed by atoms with E-state index in [9.17, 15) is 4.79 Å². The molecule has 1 aliphatic rings. The Balaban J connectivity index is 1.50. The van der Waals surface area contributed by atoms with Gasteiger partial charge >= 0.3 is 0 Å². The molecule has 0 unspecified atom stereocenters. The third-order valence-electron chi connectivity index (χ3n) is 5.09. The second-order valence-electron chi connectivity index (χ2n) is 7.32. The van der Waals surface area contributed by atoms with E-state index in [0.29, 0.717) is 23.1 Å². The fourth-order valence-electron chi connectivity index (χ4n) is 3.63. The van der Waals surface area contributed by atoms with Crippen molar-refractivity contribution < 1.29 is 9.53 Å². The number of anilines is 1. The molecule has 1 aliphatic heterocycles. The van der Waals surface area contributed by atoms with E-state index in [1.165, 1.54) is 5.56 Å². The number of rotatable bonds is 5. The highest BCUT2D eigenvalue weighted by molar-refractivity contribution is 6.04. The molecule has 0 bridgehead atoms. The van der Waals surface area contributed by atoms with Crippen molar-refractivity contribution in [3.63, 3.8) is 0 Å². The third-order valence-corrected chi connectivity index (χ3v) is 5.09. The highest BCUT2D eigenvalue weighted by atomic mass is 16.5. The summed E-state index contributed by atoms with van der Waals surface area (Å²) in [6, 6.07) is 15.8. The summed E-state index contributed by atoms with van der Waals surface area (Å²) in [5.74, 6) is -0.0677. The first-order chi connectivity index (χ1) is 14.1. The van der Waals surface area contributed by atoms with Crippen LogP contribution in [0.3, 0.4) is 0 Å². The number of fused-ring (bicyclic) bond motifs is 1. The number of para-hydroxylation sites is 1. The van der Waals surface area contributed by atoms with Crippen LogP contribution in [0.4, 0.5) is 5.95 Å². The first kappa shape index (κ1) is 19.3. The maximum Gasteiger partial charge on any atom is 0.273 e. The van der Waals surface area contributed by atoms with E-state index in [-0.39, 0.29) is 11.9 Å². The van der Waals surface area contributed by atoms with Gasteiger partial charge in [-0.05, 0) is 17.2 Å². The topological polar surface area (TPSA) is 84.6 Å². The molecule has 0 spiro atoms. The SMILES string of the molecule is CN(Cc1cccc(CN2CCOCC2)c1)C(=O)c1nc(N)nc2ccccc12. The number of hydrogen-bond donors (Lipinski definition) is 1. The van der Waals surface area contributed by atoms with Crippen LogP contribution < -0.4 is 5.73 Å². The molecule has 7 nitrogen and oxygen atoms in total. The summed E-state index contributed by atoms with van der Waals surface area (Å²) >= 11 is 0. The van der Waals surface area contributed by atoms with E-state index in [0.717, 1.165) is 38.4 Å². The predicted molar refractivity (Wildman–Crippen MR) is 112 cm³/mol. The second kappa shape index (κ2) is 8.55. The van der Waals surface area contributed by atoms with E-state index >= 15 is 0 Å². The molecule has 1 fully saturated rings. The van der Waals surface area contributed by atoms with Crippen LogP contribution in [0.1, 0.15) is 21.6 Å².